The number of carbonyl (C=O) groups excluding carboxylic acids is 1. The first-order valence-electron chi connectivity index (χ1n) is 13.7. The molecule has 1 amide bonds. The number of sulfonamides is 1. The van der Waals surface area contributed by atoms with Crippen molar-refractivity contribution in [2.24, 2.45) is 5.92 Å². The van der Waals surface area contributed by atoms with E-state index in [0.717, 1.165) is 44.7 Å². The quantitative estimate of drug-likeness (QED) is 0.341. The average Bonchev–Trinajstić information content (AvgIpc) is 3.80. The maximum Gasteiger partial charge on any atom is 0.416 e. The highest BCUT2D eigenvalue weighted by Crippen LogP contribution is 2.34. The number of methoxy groups -OCH3 is 1. The summed E-state index contributed by atoms with van der Waals surface area (Å²) >= 11 is 0. The number of halogens is 3. The van der Waals surface area contributed by atoms with Gasteiger partial charge in [0.05, 0.1) is 23.3 Å². The van der Waals surface area contributed by atoms with Gasteiger partial charge in [-0.25, -0.2) is 8.42 Å². The number of ether oxygens (including phenoxy) is 1. The van der Waals surface area contributed by atoms with Gasteiger partial charge in [0.25, 0.3) is 15.9 Å². The van der Waals surface area contributed by atoms with Crippen LogP contribution in [0.1, 0.15) is 34.3 Å². The molecule has 2 fully saturated rings. The zero-order valence-electron chi connectivity index (χ0n) is 23.2. The summed E-state index contributed by atoms with van der Waals surface area (Å²) in [6, 6.07) is 15.4. The normalized spacial score (nSPS) is 16.2. The molecule has 3 aromatic rings. The first-order valence-corrected chi connectivity index (χ1v) is 15.2. The SMILES string of the molecule is COc1ccc(S(=O)(=O)Nc2ccc(C(=O)NCc3ccccc3C(F)(F)F)cc2)cc1N1CCN(CC2CC2)CC1. The van der Waals surface area contributed by atoms with Crippen LogP contribution in [0.15, 0.2) is 71.6 Å². The number of hydrogen-bond acceptors (Lipinski definition) is 6. The molecule has 1 saturated carbocycles. The Morgan fingerprint density at radius 2 is 1.67 bits per heavy atom. The number of anilines is 2. The molecule has 0 unspecified atom stereocenters. The van der Waals surface area contributed by atoms with Crippen molar-refractivity contribution in [2.75, 3.05) is 49.5 Å². The molecule has 0 radical (unpaired) electrons. The minimum atomic E-state index is -4.53. The van der Waals surface area contributed by atoms with Crippen LogP contribution in [-0.2, 0) is 22.7 Å². The fourth-order valence-electron chi connectivity index (χ4n) is 5.05. The van der Waals surface area contributed by atoms with Gasteiger partial charge in [-0.05, 0) is 72.9 Å². The van der Waals surface area contributed by atoms with Gasteiger partial charge in [-0.1, -0.05) is 18.2 Å². The highest BCUT2D eigenvalue weighted by atomic mass is 32.2. The third kappa shape index (κ3) is 7.16. The van der Waals surface area contributed by atoms with E-state index in [2.05, 4.69) is 19.8 Å². The molecule has 2 N–H and O–H groups in total. The summed E-state index contributed by atoms with van der Waals surface area (Å²) in [4.78, 5) is 17.2. The molecule has 1 aliphatic carbocycles. The number of alkyl halides is 3. The Morgan fingerprint density at radius 1 is 0.976 bits per heavy atom. The van der Waals surface area contributed by atoms with E-state index in [0.29, 0.717) is 11.4 Å². The summed E-state index contributed by atoms with van der Waals surface area (Å²) in [7, 11) is -2.41. The van der Waals surface area contributed by atoms with Crippen LogP contribution in [0.5, 0.6) is 5.75 Å². The molecule has 3 aromatic carbocycles. The molecule has 1 saturated heterocycles. The molecule has 2 aliphatic rings. The van der Waals surface area contributed by atoms with Gasteiger partial charge in [0.2, 0.25) is 0 Å². The van der Waals surface area contributed by atoms with Gasteiger partial charge in [0, 0.05) is 50.5 Å². The minimum absolute atomic E-state index is 0.0540. The van der Waals surface area contributed by atoms with E-state index < -0.39 is 27.7 Å². The van der Waals surface area contributed by atoms with Crippen LogP contribution in [-0.4, -0.2) is 59.1 Å². The maximum absolute atomic E-state index is 13.3. The molecule has 1 aliphatic heterocycles. The summed E-state index contributed by atoms with van der Waals surface area (Å²) in [5.74, 6) is 0.825. The number of carbonyl (C=O) groups is 1. The Labute approximate surface area is 243 Å². The van der Waals surface area contributed by atoms with Crippen molar-refractivity contribution in [2.45, 2.75) is 30.5 Å². The Balaban J connectivity index is 1.23. The summed E-state index contributed by atoms with van der Waals surface area (Å²) in [6.45, 7) is 4.16. The average molecular weight is 603 g/mol. The van der Waals surface area contributed by atoms with Gasteiger partial charge in [0.1, 0.15) is 5.75 Å². The van der Waals surface area contributed by atoms with Crippen LogP contribution in [0.2, 0.25) is 0 Å². The molecule has 8 nitrogen and oxygen atoms in total. The molecule has 0 aromatic heterocycles. The standard InChI is InChI=1S/C30H33F3N4O4S/c1-41-28-13-12-25(18-27(28)37-16-14-36(15-17-37)20-21-6-7-21)42(39,40)35-24-10-8-22(9-11-24)29(38)34-19-23-4-2-3-5-26(23)30(31,32)33/h2-5,8-13,18,21,35H,6-7,14-17,19-20H2,1H3,(H,34,38). The van der Waals surface area contributed by atoms with Crippen molar-refractivity contribution in [3.63, 3.8) is 0 Å². The van der Waals surface area contributed by atoms with Gasteiger partial charge < -0.3 is 15.0 Å². The van der Waals surface area contributed by atoms with Crippen molar-refractivity contribution < 1.29 is 31.1 Å². The van der Waals surface area contributed by atoms with Crippen LogP contribution < -0.4 is 19.7 Å². The van der Waals surface area contributed by atoms with Crippen LogP contribution in [0, 0.1) is 5.92 Å². The fraction of sp³-hybridized carbons (Fsp3) is 0.367. The Kier molecular flexibility index (Phi) is 8.65. The largest absolute Gasteiger partial charge is 0.495 e. The van der Waals surface area contributed by atoms with E-state index in [1.54, 1.807) is 19.2 Å². The zero-order valence-corrected chi connectivity index (χ0v) is 24.0. The molecule has 0 bridgehead atoms. The number of rotatable bonds is 10. The third-order valence-corrected chi connectivity index (χ3v) is 8.93. The fourth-order valence-corrected chi connectivity index (χ4v) is 6.13. The minimum Gasteiger partial charge on any atom is -0.495 e. The number of nitrogens with zero attached hydrogens (tertiary/aromatic N) is 2. The molecular weight excluding hydrogens is 569 g/mol. The van der Waals surface area contributed by atoms with Gasteiger partial charge in [-0.3, -0.25) is 14.4 Å². The highest BCUT2D eigenvalue weighted by Gasteiger charge is 2.33. The Bertz CT molecular complexity index is 1520. The lowest BCUT2D eigenvalue weighted by molar-refractivity contribution is -0.138. The second-order valence-electron chi connectivity index (χ2n) is 10.6. The lowest BCUT2D eigenvalue weighted by Crippen LogP contribution is -2.47. The van der Waals surface area contributed by atoms with Crippen molar-refractivity contribution >= 4 is 27.3 Å². The van der Waals surface area contributed by atoms with Crippen LogP contribution in [0.3, 0.4) is 0 Å². The predicted molar refractivity (Wildman–Crippen MR) is 154 cm³/mol. The first kappa shape index (κ1) is 29.7. The molecule has 0 spiro atoms. The molecule has 1 heterocycles. The zero-order chi connectivity index (χ0) is 29.9. The number of nitrogens with one attached hydrogen (secondary N) is 2. The van der Waals surface area contributed by atoms with E-state index in [1.807, 2.05) is 0 Å². The second kappa shape index (κ2) is 12.2. The summed E-state index contributed by atoms with van der Waals surface area (Å²) < 4.78 is 74.3. The van der Waals surface area contributed by atoms with Gasteiger partial charge in [-0.15, -0.1) is 0 Å². The molecule has 5 rings (SSSR count). The van der Waals surface area contributed by atoms with E-state index in [-0.39, 0.29) is 28.3 Å². The maximum atomic E-state index is 13.3. The van der Waals surface area contributed by atoms with Gasteiger partial charge >= 0.3 is 6.18 Å². The molecule has 12 heteroatoms. The van der Waals surface area contributed by atoms with E-state index in [4.69, 9.17) is 4.74 Å². The smallest absolute Gasteiger partial charge is 0.416 e. The summed E-state index contributed by atoms with van der Waals surface area (Å²) in [5, 5.41) is 2.49. The Hall–Kier alpha value is -3.77. The van der Waals surface area contributed by atoms with E-state index >= 15 is 0 Å². The number of hydrogen-bond donors (Lipinski definition) is 2. The molecule has 42 heavy (non-hydrogen) atoms. The number of piperazine rings is 1. The van der Waals surface area contributed by atoms with E-state index in [1.165, 1.54) is 61.4 Å². The van der Waals surface area contributed by atoms with Crippen LogP contribution in [0.25, 0.3) is 0 Å². The van der Waals surface area contributed by atoms with Crippen molar-refractivity contribution in [1.29, 1.82) is 0 Å². The lowest BCUT2D eigenvalue weighted by Gasteiger charge is -2.36. The van der Waals surface area contributed by atoms with Gasteiger partial charge in [-0.2, -0.15) is 13.2 Å². The second-order valence-corrected chi connectivity index (χ2v) is 12.3. The summed E-state index contributed by atoms with van der Waals surface area (Å²) in [5.41, 5.74) is 0.259. The Morgan fingerprint density at radius 3 is 2.31 bits per heavy atom. The molecule has 224 valence electrons. The first-order chi connectivity index (χ1) is 20.0. The van der Waals surface area contributed by atoms with Gasteiger partial charge in [0.15, 0.2) is 0 Å². The predicted octanol–water partition coefficient (Wildman–Crippen LogP) is 4.98. The van der Waals surface area contributed by atoms with Crippen molar-refractivity contribution in [1.82, 2.24) is 10.2 Å². The van der Waals surface area contributed by atoms with Crippen molar-refractivity contribution in [3.8, 4) is 5.75 Å². The topological polar surface area (TPSA) is 91.0 Å². The third-order valence-electron chi connectivity index (χ3n) is 7.55. The highest BCUT2D eigenvalue weighted by molar-refractivity contribution is 7.92. The number of benzene rings is 3. The monoisotopic (exact) mass is 602 g/mol. The molecular formula is C30H33F3N4O4S. The van der Waals surface area contributed by atoms with Crippen LogP contribution in [0.4, 0.5) is 24.5 Å². The molecule has 0 atom stereocenters. The summed E-state index contributed by atoms with van der Waals surface area (Å²) in [6.07, 6.45) is -1.93. The van der Waals surface area contributed by atoms with E-state index in [9.17, 15) is 26.4 Å². The van der Waals surface area contributed by atoms with Crippen LogP contribution >= 0.6 is 0 Å². The number of amides is 1. The van der Waals surface area contributed by atoms with Crippen molar-refractivity contribution in [3.05, 3.63) is 83.4 Å². The lowest BCUT2D eigenvalue weighted by atomic mass is 10.1.